The number of phenols is 1. The van der Waals surface area contributed by atoms with Crippen LogP contribution in [-0.4, -0.2) is 55.8 Å². The number of benzene rings is 2. The monoisotopic (exact) mass is 484 g/mol. The highest BCUT2D eigenvalue weighted by atomic mass is 16.5. The molecule has 1 N–H and O–H groups in total. The number of aromatic hydroxyl groups is 1. The Balaban J connectivity index is 2.52. The first-order valence-electron chi connectivity index (χ1n) is 12.8. The van der Waals surface area contributed by atoms with Gasteiger partial charge in [0.15, 0.2) is 0 Å². The number of carbonyl (C=O) groups excluding carboxylic acids is 1. The summed E-state index contributed by atoms with van der Waals surface area (Å²) in [5, 5.41) is 11.2. The fraction of sp³-hybridized carbons (Fsp3) is 0.552. The summed E-state index contributed by atoms with van der Waals surface area (Å²) < 4.78 is 11.2. The van der Waals surface area contributed by atoms with E-state index in [1.807, 2.05) is 45.7 Å². The van der Waals surface area contributed by atoms with E-state index in [0.717, 1.165) is 18.7 Å². The van der Waals surface area contributed by atoms with Crippen molar-refractivity contribution in [1.29, 1.82) is 0 Å². The molecule has 2 aromatic rings. The summed E-state index contributed by atoms with van der Waals surface area (Å²) in [6.45, 7) is 11.1. The predicted octanol–water partition coefficient (Wildman–Crippen LogP) is 6.74. The van der Waals surface area contributed by atoms with E-state index in [1.54, 1.807) is 38.5 Å². The van der Waals surface area contributed by atoms with Crippen molar-refractivity contribution < 1.29 is 19.4 Å². The normalized spacial score (nSPS) is 11.1. The third kappa shape index (κ3) is 7.06. The molecule has 1 amide bonds. The number of phenolic OH excluding ortho intramolecular Hbond substituents is 1. The second-order valence-corrected chi connectivity index (χ2v) is 9.69. The van der Waals surface area contributed by atoms with E-state index in [1.165, 1.54) is 25.7 Å². The molecule has 0 radical (unpaired) electrons. The SMILES string of the molecule is CCCCCCCN(C)c1cc(O)c(-c2cc(OC)ccc2C(=O)N(C(C)C)C(C)C)c(OC)c1. The molecule has 0 saturated carbocycles. The number of methoxy groups -OCH3 is 2. The Hall–Kier alpha value is -2.89. The van der Waals surface area contributed by atoms with Crippen molar-refractivity contribution in [2.45, 2.75) is 78.8 Å². The minimum absolute atomic E-state index is 0.0290. The predicted molar refractivity (Wildman–Crippen MR) is 145 cm³/mol. The number of rotatable bonds is 13. The summed E-state index contributed by atoms with van der Waals surface area (Å²) in [6.07, 6.45) is 6.02. The smallest absolute Gasteiger partial charge is 0.254 e. The van der Waals surface area contributed by atoms with Gasteiger partial charge >= 0.3 is 0 Å². The molecule has 35 heavy (non-hydrogen) atoms. The van der Waals surface area contributed by atoms with Crippen LogP contribution in [0.2, 0.25) is 0 Å². The van der Waals surface area contributed by atoms with Gasteiger partial charge in [0.2, 0.25) is 0 Å². The van der Waals surface area contributed by atoms with Crippen molar-refractivity contribution in [3.8, 4) is 28.4 Å². The summed E-state index contributed by atoms with van der Waals surface area (Å²) in [6, 6.07) is 9.07. The number of hydrogen-bond donors (Lipinski definition) is 1. The Labute approximate surface area is 211 Å². The van der Waals surface area contributed by atoms with Gasteiger partial charge in [0, 0.05) is 54.6 Å². The molecule has 0 saturated heterocycles. The van der Waals surface area contributed by atoms with E-state index < -0.39 is 0 Å². The van der Waals surface area contributed by atoms with Gasteiger partial charge in [-0.15, -0.1) is 0 Å². The van der Waals surface area contributed by atoms with Crippen molar-refractivity contribution in [2.75, 3.05) is 32.7 Å². The lowest BCUT2D eigenvalue weighted by atomic mass is 9.95. The van der Waals surface area contributed by atoms with Crippen molar-refractivity contribution in [2.24, 2.45) is 0 Å². The van der Waals surface area contributed by atoms with Crippen LogP contribution >= 0.6 is 0 Å². The summed E-state index contributed by atoms with van der Waals surface area (Å²) >= 11 is 0. The van der Waals surface area contributed by atoms with Crippen LogP contribution in [0.25, 0.3) is 11.1 Å². The molecule has 0 aromatic heterocycles. The summed E-state index contributed by atoms with van der Waals surface area (Å²) in [7, 11) is 5.20. The van der Waals surface area contributed by atoms with Crippen molar-refractivity contribution in [1.82, 2.24) is 4.90 Å². The molecule has 194 valence electrons. The van der Waals surface area contributed by atoms with Gasteiger partial charge in [0.25, 0.3) is 5.91 Å². The summed E-state index contributed by atoms with van der Waals surface area (Å²) in [5.74, 6) is 1.09. The van der Waals surface area contributed by atoms with Crippen LogP contribution in [0, 0.1) is 0 Å². The first kappa shape index (κ1) is 28.3. The molecule has 0 heterocycles. The lowest BCUT2D eigenvalue weighted by Crippen LogP contribution is -2.42. The molecule has 6 heteroatoms. The maximum Gasteiger partial charge on any atom is 0.254 e. The molecular weight excluding hydrogens is 440 g/mol. The first-order valence-corrected chi connectivity index (χ1v) is 12.8. The van der Waals surface area contributed by atoms with Crippen LogP contribution in [0.1, 0.15) is 77.1 Å². The van der Waals surface area contributed by atoms with Crippen LogP contribution in [0.15, 0.2) is 30.3 Å². The fourth-order valence-corrected chi connectivity index (χ4v) is 4.57. The molecule has 2 aromatic carbocycles. The van der Waals surface area contributed by atoms with Gasteiger partial charge in [-0.25, -0.2) is 0 Å². The molecule has 0 aliphatic rings. The first-order chi connectivity index (χ1) is 16.7. The number of ether oxygens (including phenoxy) is 2. The molecule has 0 aliphatic heterocycles. The molecule has 0 unspecified atom stereocenters. The number of nitrogens with zero attached hydrogens (tertiary/aromatic N) is 2. The number of carbonyl (C=O) groups is 1. The quantitative estimate of drug-likeness (QED) is 0.319. The van der Waals surface area contributed by atoms with Gasteiger partial charge in [0.05, 0.1) is 19.8 Å². The number of hydrogen-bond acceptors (Lipinski definition) is 5. The molecule has 0 bridgehead atoms. The maximum absolute atomic E-state index is 13.7. The molecular formula is C29H44N2O4. The lowest BCUT2D eigenvalue weighted by molar-refractivity contribution is 0.0644. The average Bonchev–Trinajstić information content (AvgIpc) is 2.82. The third-order valence-electron chi connectivity index (χ3n) is 6.40. The Morgan fingerprint density at radius 2 is 1.60 bits per heavy atom. The van der Waals surface area contributed by atoms with Crippen LogP contribution in [0.3, 0.4) is 0 Å². The largest absolute Gasteiger partial charge is 0.507 e. The highest BCUT2D eigenvalue weighted by molar-refractivity contribution is 6.03. The second kappa shape index (κ2) is 13.3. The zero-order chi connectivity index (χ0) is 26.1. The maximum atomic E-state index is 13.7. The molecule has 0 fully saturated rings. The van der Waals surface area contributed by atoms with Crippen LogP contribution in [0.5, 0.6) is 17.2 Å². The highest BCUT2D eigenvalue weighted by Crippen LogP contribution is 2.44. The minimum Gasteiger partial charge on any atom is -0.507 e. The van der Waals surface area contributed by atoms with E-state index in [-0.39, 0.29) is 23.7 Å². The average molecular weight is 485 g/mol. The molecule has 0 aliphatic carbocycles. The highest BCUT2D eigenvalue weighted by Gasteiger charge is 2.27. The van der Waals surface area contributed by atoms with E-state index >= 15 is 0 Å². The van der Waals surface area contributed by atoms with E-state index in [4.69, 9.17) is 9.47 Å². The fourth-order valence-electron chi connectivity index (χ4n) is 4.57. The second-order valence-electron chi connectivity index (χ2n) is 9.69. The zero-order valence-corrected chi connectivity index (χ0v) is 22.9. The lowest BCUT2D eigenvalue weighted by Gasteiger charge is -2.32. The Morgan fingerprint density at radius 1 is 0.943 bits per heavy atom. The summed E-state index contributed by atoms with van der Waals surface area (Å²) in [5.41, 5.74) is 2.45. The Kier molecular flexibility index (Phi) is 10.7. The Bertz CT molecular complexity index is 963. The van der Waals surface area contributed by atoms with Gasteiger partial charge < -0.3 is 24.4 Å². The van der Waals surface area contributed by atoms with Gasteiger partial charge in [-0.05, 0) is 52.3 Å². The Morgan fingerprint density at radius 3 is 2.17 bits per heavy atom. The van der Waals surface area contributed by atoms with Gasteiger partial charge in [0.1, 0.15) is 17.2 Å². The van der Waals surface area contributed by atoms with Gasteiger partial charge in [-0.1, -0.05) is 32.6 Å². The topological polar surface area (TPSA) is 62.2 Å². The molecule has 2 rings (SSSR count). The zero-order valence-electron chi connectivity index (χ0n) is 22.9. The van der Waals surface area contributed by atoms with Crippen molar-refractivity contribution in [3.05, 3.63) is 35.9 Å². The van der Waals surface area contributed by atoms with Crippen LogP contribution in [0.4, 0.5) is 5.69 Å². The third-order valence-corrected chi connectivity index (χ3v) is 6.40. The van der Waals surface area contributed by atoms with E-state index in [0.29, 0.717) is 28.2 Å². The minimum atomic E-state index is -0.0950. The number of amides is 1. The van der Waals surface area contributed by atoms with E-state index in [9.17, 15) is 9.90 Å². The van der Waals surface area contributed by atoms with Crippen LogP contribution in [-0.2, 0) is 0 Å². The van der Waals surface area contributed by atoms with Crippen LogP contribution < -0.4 is 14.4 Å². The molecule has 6 nitrogen and oxygen atoms in total. The number of unbranched alkanes of at least 4 members (excludes halogenated alkanes) is 4. The van der Waals surface area contributed by atoms with Gasteiger partial charge in [-0.3, -0.25) is 4.79 Å². The van der Waals surface area contributed by atoms with E-state index in [2.05, 4.69) is 11.8 Å². The standard InChI is InChI=1S/C29H44N2O4/c1-9-10-11-12-13-16-30(6)22-17-26(32)28(27(18-22)35-8)25-19-23(34-7)14-15-24(25)29(33)31(20(2)3)21(4)5/h14-15,17-21,32H,9-13,16H2,1-8H3. The molecule has 0 spiro atoms. The van der Waals surface area contributed by atoms with Crippen molar-refractivity contribution in [3.63, 3.8) is 0 Å². The molecule has 0 atom stereocenters. The van der Waals surface area contributed by atoms with Crippen molar-refractivity contribution >= 4 is 11.6 Å². The van der Waals surface area contributed by atoms with Gasteiger partial charge in [-0.2, -0.15) is 0 Å². The summed E-state index contributed by atoms with van der Waals surface area (Å²) in [4.78, 5) is 17.6. The number of anilines is 1.